The molecule has 1 N–H and O–H groups in total. The first-order chi connectivity index (χ1) is 9.65. The lowest BCUT2D eigenvalue weighted by Gasteiger charge is -2.15. The van der Waals surface area contributed by atoms with Crippen molar-refractivity contribution in [3.63, 3.8) is 0 Å². The number of nitrogens with zero attached hydrogens (tertiary/aromatic N) is 1. The Kier molecular flexibility index (Phi) is 5.31. The molecule has 0 saturated carbocycles. The van der Waals surface area contributed by atoms with E-state index >= 15 is 0 Å². The summed E-state index contributed by atoms with van der Waals surface area (Å²) in [7, 11) is -0.0979. The van der Waals surface area contributed by atoms with Crippen LogP contribution < -0.4 is 4.74 Å². The summed E-state index contributed by atoms with van der Waals surface area (Å²) < 4.78 is 9.86. The molecule has 0 heterocycles. The van der Waals surface area contributed by atoms with Gasteiger partial charge in [-0.05, 0) is 6.04 Å². The Morgan fingerprint density at radius 3 is 2.48 bits per heavy atom. The van der Waals surface area contributed by atoms with E-state index in [0.29, 0.717) is 0 Å². The lowest BCUT2D eigenvalue weighted by atomic mass is 10.1. The number of hydrogen-bond acceptors (Lipinski definition) is 6. The third-order valence-electron chi connectivity index (χ3n) is 2.80. The molecule has 0 bridgehead atoms. The highest BCUT2D eigenvalue weighted by atomic mass is 28.3. The lowest BCUT2D eigenvalue weighted by molar-refractivity contribution is -0.385. The minimum absolute atomic E-state index is 0.0691. The molecule has 0 atom stereocenters. The molecule has 7 nitrogen and oxygen atoms in total. The van der Waals surface area contributed by atoms with E-state index in [0.717, 1.165) is 18.2 Å². The van der Waals surface area contributed by atoms with Gasteiger partial charge >= 0.3 is 5.97 Å². The van der Waals surface area contributed by atoms with Crippen LogP contribution in [0, 0.1) is 10.1 Å². The zero-order valence-electron chi connectivity index (χ0n) is 12.5. The molecule has 1 rings (SSSR count). The van der Waals surface area contributed by atoms with Crippen molar-refractivity contribution in [1.29, 1.82) is 0 Å². The highest BCUT2D eigenvalue weighted by molar-refractivity contribution is 6.76. The quantitative estimate of drug-likeness (QED) is 0.375. The van der Waals surface area contributed by atoms with Crippen LogP contribution in [0.2, 0.25) is 25.7 Å². The van der Waals surface area contributed by atoms with E-state index in [1.807, 2.05) is 0 Å². The van der Waals surface area contributed by atoms with Crippen LogP contribution in [0.1, 0.15) is 10.4 Å². The third kappa shape index (κ3) is 4.74. The minimum Gasteiger partial charge on any atom is -0.504 e. The molecule has 0 unspecified atom stereocenters. The van der Waals surface area contributed by atoms with Crippen molar-refractivity contribution < 1.29 is 24.3 Å². The van der Waals surface area contributed by atoms with E-state index in [-0.39, 0.29) is 23.7 Å². The van der Waals surface area contributed by atoms with Crippen molar-refractivity contribution in [2.24, 2.45) is 0 Å². The minimum atomic E-state index is -1.37. The first kappa shape index (κ1) is 17.0. The standard InChI is InChI=1S/C13H19NO6Si/c1-19-12-8-10(14(17)18)9(7-11(12)15)13(16)20-5-6-21(2,3)4/h7-8,15H,5-6H2,1-4H3. The first-order valence-electron chi connectivity index (χ1n) is 6.38. The van der Waals surface area contributed by atoms with Crippen molar-refractivity contribution in [2.75, 3.05) is 13.7 Å². The van der Waals surface area contributed by atoms with Gasteiger partial charge in [0.15, 0.2) is 11.5 Å². The molecule has 0 saturated heterocycles. The van der Waals surface area contributed by atoms with Crippen LogP contribution >= 0.6 is 0 Å². The molecule has 0 radical (unpaired) electrons. The van der Waals surface area contributed by atoms with Crippen molar-refractivity contribution in [3.8, 4) is 11.5 Å². The van der Waals surface area contributed by atoms with E-state index in [9.17, 15) is 20.0 Å². The second kappa shape index (κ2) is 6.57. The molecule has 116 valence electrons. The van der Waals surface area contributed by atoms with Crippen molar-refractivity contribution >= 4 is 19.7 Å². The highest BCUT2D eigenvalue weighted by Gasteiger charge is 2.25. The largest absolute Gasteiger partial charge is 0.504 e. The van der Waals surface area contributed by atoms with Crippen molar-refractivity contribution in [3.05, 3.63) is 27.8 Å². The lowest BCUT2D eigenvalue weighted by Crippen LogP contribution is -2.22. The van der Waals surface area contributed by atoms with E-state index in [2.05, 4.69) is 19.6 Å². The Balaban J connectivity index is 2.98. The fourth-order valence-corrected chi connectivity index (χ4v) is 2.28. The van der Waals surface area contributed by atoms with Crippen LogP contribution in [-0.4, -0.2) is 37.8 Å². The zero-order valence-corrected chi connectivity index (χ0v) is 13.5. The van der Waals surface area contributed by atoms with E-state index in [1.54, 1.807) is 0 Å². The molecule has 0 aliphatic carbocycles. The molecule has 0 spiro atoms. The zero-order chi connectivity index (χ0) is 16.2. The van der Waals surface area contributed by atoms with Gasteiger partial charge in [-0.15, -0.1) is 0 Å². The summed E-state index contributed by atoms with van der Waals surface area (Å²) in [6, 6.07) is 2.76. The van der Waals surface area contributed by atoms with Crippen LogP contribution in [0.5, 0.6) is 11.5 Å². The number of benzene rings is 1. The summed E-state index contributed by atoms with van der Waals surface area (Å²) in [5, 5.41) is 20.7. The van der Waals surface area contributed by atoms with Crippen LogP contribution in [-0.2, 0) is 4.74 Å². The first-order valence-corrected chi connectivity index (χ1v) is 10.1. The van der Waals surface area contributed by atoms with Gasteiger partial charge in [-0.25, -0.2) is 4.79 Å². The van der Waals surface area contributed by atoms with Crippen LogP contribution in [0.4, 0.5) is 5.69 Å². The molecule has 0 amide bonds. The molecular weight excluding hydrogens is 294 g/mol. The Morgan fingerprint density at radius 1 is 1.38 bits per heavy atom. The smallest absolute Gasteiger partial charge is 0.345 e. The number of carbonyl (C=O) groups excluding carboxylic acids is 1. The number of nitro benzene ring substituents is 1. The molecule has 1 aromatic rings. The third-order valence-corrected chi connectivity index (χ3v) is 4.50. The Morgan fingerprint density at radius 2 is 2.00 bits per heavy atom. The van der Waals surface area contributed by atoms with Crippen LogP contribution in [0.3, 0.4) is 0 Å². The number of phenols is 1. The molecule has 0 fully saturated rings. The number of methoxy groups -OCH3 is 1. The normalized spacial score (nSPS) is 11.0. The van der Waals surface area contributed by atoms with Crippen LogP contribution in [0.25, 0.3) is 0 Å². The number of nitro groups is 1. The maximum absolute atomic E-state index is 11.9. The van der Waals surface area contributed by atoms with Gasteiger partial charge in [-0.2, -0.15) is 0 Å². The van der Waals surface area contributed by atoms with Gasteiger partial charge in [0.25, 0.3) is 5.69 Å². The number of phenolic OH excluding ortho intramolecular Hbond substituents is 1. The summed E-state index contributed by atoms with van der Waals surface area (Å²) in [4.78, 5) is 22.2. The van der Waals surface area contributed by atoms with E-state index < -0.39 is 24.7 Å². The second-order valence-corrected chi connectivity index (χ2v) is 11.4. The fraction of sp³-hybridized carbons (Fsp3) is 0.462. The monoisotopic (exact) mass is 313 g/mol. The molecule has 8 heteroatoms. The average Bonchev–Trinajstić information content (AvgIpc) is 2.36. The predicted octanol–water partition coefficient (Wildman–Crippen LogP) is 2.80. The van der Waals surface area contributed by atoms with Gasteiger partial charge in [0.1, 0.15) is 5.56 Å². The Hall–Kier alpha value is -2.09. The average molecular weight is 313 g/mol. The van der Waals surface area contributed by atoms with Crippen molar-refractivity contribution in [1.82, 2.24) is 0 Å². The summed E-state index contributed by atoms with van der Waals surface area (Å²) in [5.41, 5.74) is -0.739. The maximum atomic E-state index is 11.9. The van der Waals surface area contributed by atoms with Gasteiger partial charge in [-0.1, -0.05) is 19.6 Å². The molecule has 0 aliphatic heterocycles. The molecule has 21 heavy (non-hydrogen) atoms. The summed E-state index contributed by atoms with van der Waals surface area (Å²) in [5.74, 6) is -1.24. The molecule has 0 aliphatic rings. The maximum Gasteiger partial charge on any atom is 0.345 e. The summed E-state index contributed by atoms with van der Waals surface area (Å²) in [6.45, 7) is 6.59. The highest BCUT2D eigenvalue weighted by Crippen LogP contribution is 2.34. The van der Waals surface area contributed by atoms with Gasteiger partial charge in [0, 0.05) is 14.1 Å². The van der Waals surface area contributed by atoms with Crippen molar-refractivity contribution in [2.45, 2.75) is 25.7 Å². The number of rotatable bonds is 6. The summed E-state index contributed by atoms with van der Waals surface area (Å²) in [6.07, 6.45) is 0. The number of aromatic hydroxyl groups is 1. The predicted molar refractivity (Wildman–Crippen MR) is 79.7 cm³/mol. The number of ether oxygens (including phenoxy) is 2. The molecule has 1 aromatic carbocycles. The van der Waals surface area contributed by atoms with E-state index in [1.165, 1.54) is 7.11 Å². The topological polar surface area (TPSA) is 98.9 Å². The van der Waals surface area contributed by atoms with Gasteiger partial charge in [0.05, 0.1) is 24.7 Å². The SMILES string of the molecule is COc1cc([N+](=O)[O-])c(C(=O)OCC[Si](C)(C)C)cc1O. The second-order valence-electron chi connectivity index (χ2n) is 5.74. The molecule has 0 aromatic heterocycles. The number of esters is 1. The summed E-state index contributed by atoms with van der Waals surface area (Å²) >= 11 is 0. The number of carbonyl (C=O) groups is 1. The van der Waals surface area contributed by atoms with Gasteiger partial charge in [-0.3, -0.25) is 10.1 Å². The molecular formula is C13H19NO6Si. The van der Waals surface area contributed by atoms with E-state index in [4.69, 9.17) is 9.47 Å². The van der Waals surface area contributed by atoms with Gasteiger partial charge < -0.3 is 14.6 Å². The number of hydrogen-bond donors (Lipinski definition) is 1. The fourth-order valence-electron chi connectivity index (χ4n) is 1.56. The Bertz CT molecular complexity index is 552. The Labute approximate surface area is 123 Å². The van der Waals surface area contributed by atoms with Crippen LogP contribution in [0.15, 0.2) is 12.1 Å². The van der Waals surface area contributed by atoms with Gasteiger partial charge in [0.2, 0.25) is 0 Å².